The summed E-state index contributed by atoms with van der Waals surface area (Å²) in [7, 11) is -3.17. The molecule has 0 aromatic rings. The first kappa shape index (κ1) is 15.2. The monoisotopic (exact) mass is 280 g/mol. The molecule has 0 N–H and O–H groups in total. The molecule has 0 saturated heterocycles. The van der Waals surface area contributed by atoms with Crippen LogP contribution in [0.15, 0.2) is 0 Å². The van der Waals surface area contributed by atoms with Gasteiger partial charge in [0.1, 0.15) is 0 Å². The van der Waals surface area contributed by atoms with Crippen LogP contribution in [0.25, 0.3) is 0 Å². The molecule has 0 radical (unpaired) electrons. The highest BCUT2D eigenvalue weighted by atomic mass is 32.4. The maximum atomic E-state index is 5.38. The molecule has 0 heterocycles. The van der Waals surface area contributed by atoms with Gasteiger partial charge in [-0.15, -0.1) is 0 Å². The van der Waals surface area contributed by atoms with E-state index in [0.29, 0.717) is 0 Å². The Morgan fingerprint density at radius 1 is 0.500 bits per heavy atom. The van der Waals surface area contributed by atoms with Crippen LogP contribution in [0.3, 0.4) is 0 Å². The molecule has 0 bridgehead atoms. The van der Waals surface area contributed by atoms with E-state index in [9.17, 15) is 0 Å². The van der Waals surface area contributed by atoms with Gasteiger partial charge in [0.2, 0.25) is 0 Å². The van der Waals surface area contributed by atoms with Crippen LogP contribution >= 0.6 is 12.1 Å². The summed E-state index contributed by atoms with van der Waals surface area (Å²) >= 11 is 5.38. The molecule has 0 nitrogen and oxygen atoms in total. The topological polar surface area (TPSA) is 0 Å². The van der Waals surface area contributed by atoms with E-state index in [1.165, 1.54) is 0 Å². The average molecular weight is 281 g/mol. The number of hydrogen-bond donors (Lipinski definition) is 1. The second-order valence-corrected chi connectivity index (χ2v) is 52.9. The van der Waals surface area contributed by atoms with Gasteiger partial charge >= 0.3 is 0 Å². The Morgan fingerprint density at radius 3 is 0.643 bits per heavy atom. The number of hydrogen-bond acceptors (Lipinski definition) is 1. The molecule has 5 heteroatoms. The van der Waals surface area contributed by atoms with Crippen molar-refractivity contribution < 1.29 is 0 Å². The zero-order chi connectivity index (χ0) is 12.0. The van der Waals surface area contributed by atoms with Crippen LogP contribution in [-0.2, 0) is 0 Å². The molecular weight excluding hydrogens is 253 g/mol. The van der Waals surface area contributed by atoms with Crippen LogP contribution in [0.2, 0.25) is 58.9 Å². The third-order valence-electron chi connectivity index (χ3n) is 3.26. The molecule has 0 atom stereocenters. The molecule has 0 rings (SSSR count). The Kier molecular flexibility index (Phi) is 4.25. The molecule has 0 amide bonds. The Morgan fingerprint density at radius 2 is 0.643 bits per heavy atom. The fourth-order valence-electron chi connectivity index (χ4n) is 3.38. The van der Waals surface area contributed by atoms with E-state index in [2.05, 4.69) is 58.9 Å². The number of rotatable bonds is 3. The van der Waals surface area contributed by atoms with Crippen molar-refractivity contribution in [2.24, 2.45) is 0 Å². The van der Waals surface area contributed by atoms with Crippen molar-refractivity contribution in [2.45, 2.75) is 58.9 Å². The lowest BCUT2D eigenvalue weighted by molar-refractivity contribution is 1.76. The minimum atomic E-state index is -1.24. The minimum absolute atomic E-state index is 1.06. The third kappa shape index (κ3) is 2.48. The fraction of sp³-hybridized carbons (Fsp3) is 1.00. The van der Waals surface area contributed by atoms with E-state index in [1.807, 2.05) is 0 Å². The highest BCUT2D eigenvalue weighted by Crippen LogP contribution is 2.39. The lowest BCUT2D eigenvalue weighted by Gasteiger charge is -2.53. The molecule has 0 spiro atoms. The SMILES string of the molecule is C[Si](C)(C)[Si](S)([Si](C)(C)C)[Si](C)(C)C. The van der Waals surface area contributed by atoms with Gasteiger partial charge in [0.25, 0.3) is 0 Å². The highest BCUT2D eigenvalue weighted by Gasteiger charge is 2.59. The van der Waals surface area contributed by atoms with Crippen molar-refractivity contribution in [2.75, 3.05) is 0 Å². The van der Waals surface area contributed by atoms with E-state index < -0.39 is 28.6 Å². The van der Waals surface area contributed by atoms with Gasteiger partial charge in [0.05, 0.1) is 5.78 Å². The molecule has 0 aromatic heterocycles. The summed E-state index contributed by atoms with van der Waals surface area (Å²) in [5.74, 6) is -1.24. The Bertz CT molecular complexity index is 170. The van der Waals surface area contributed by atoms with Crippen molar-refractivity contribution in [1.82, 2.24) is 0 Å². The predicted molar refractivity (Wildman–Crippen MR) is 84.8 cm³/mol. The Labute approximate surface area is 99.3 Å². The van der Waals surface area contributed by atoms with Crippen LogP contribution in [0, 0.1) is 0 Å². The molecule has 0 aliphatic carbocycles. The maximum absolute atomic E-state index is 5.38. The van der Waals surface area contributed by atoms with Crippen molar-refractivity contribution in [3.8, 4) is 0 Å². The van der Waals surface area contributed by atoms with Gasteiger partial charge in [-0.25, -0.2) is 12.1 Å². The van der Waals surface area contributed by atoms with Crippen molar-refractivity contribution in [1.29, 1.82) is 0 Å². The van der Waals surface area contributed by atoms with Crippen molar-refractivity contribution in [3.05, 3.63) is 0 Å². The van der Waals surface area contributed by atoms with E-state index in [4.69, 9.17) is 12.1 Å². The van der Waals surface area contributed by atoms with Crippen molar-refractivity contribution >= 4 is 40.6 Å². The zero-order valence-electron chi connectivity index (χ0n) is 11.4. The molecule has 0 unspecified atom stereocenters. The van der Waals surface area contributed by atoms with Gasteiger partial charge in [-0.2, -0.15) is 0 Å². The van der Waals surface area contributed by atoms with E-state index in [1.54, 1.807) is 0 Å². The summed E-state index contributed by atoms with van der Waals surface area (Å²) in [6.07, 6.45) is 0. The lowest BCUT2D eigenvalue weighted by Crippen LogP contribution is -2.79. The third-order valence-corrected chi connectivity index (χ3v) is 87.9. The quantitative estimate of drug-likeness (QED) is 0.584. The molecular formula is C9H28SSi4. The smallest absolute Gasteiger partial charge is 0.0907 e. The Hall–Kier alpha value is 1.22. The largest absolute Gasteiger partial charge is 0.211 e. The van der Waals surface area contributed by atoms with Crippen molar-refractivity contribution in [3.63, 3.8) is 0 Å². The summed E-state index contributed by atoms with van der Waals surface area (Å²) in [6, 6.07) is 0. The van der Waals surface area contributed by atoms with E-state index in [-0.39, 0.29) is 0 Å². The van der Waals surface area contributed by atoms with Crippen LogP contribution in [0.5, 0.6) is 0 Å². The molecule has 0 aliphatic heterocycles. The predicted octanol–water partition coefficient (Wildman–Crippen LogP) is 4.11. The van der Waals surface area contributed by atoms with Gasteiger partial charge in [-0.1, -0.05) is 58.9 Å². The normalized spacial score (nSPS) is 15.9. The Balaban J connectivity index is 5.54. The summed E-state index contributed by atoms with van der Waals surface area (Å²) in [6.45, 7) is 23.0. The van der Waals surface area contributed by atoms with E-state index >= 15 is 0 Å². The molecule has 0 aliphatic rings. The lowest BCUT2D eigenvalue weighted by atomic mass is 11.8. The van der Waals surface area contributed by atoms with Gasteiger partial charge < -0.3 is 0 Å². The second-order valence-electron chi connectivity index (χ2n) is 7.46. The van der Waals surface area contributed by atoms with Gasteiger partial charge in [0, 0.05) is 22.8 Å². The van der Waals surface area contributed by atoms with E-state index in [0.717, 1.165) is 0 Å². The van der Waals surface area contributed by atoms with Gasteiger partial charge in [-0.05, 0) is 0 Å². The zero-order valence-corrected chi connectivity index (χ0v) is 16.3. The molecule has 14 heavy (non-hydrogen) atoms. The summed E-state index contributed by atoms with van der Waals surface area (Å²) in [5, 5.41) is 0. The van der Waals surface area contributed by atoms with Gasteiger partial charge in [-0.3, -0.25) is 0 Å². The first-order valence-electron chi connectivity index (χ1n) is 5.47. The average Bonchev–Trinajstić information content (AvgIpc) is 1.77. The fourth-order valence-corrected chi connectivity index (χ4v) is 91.1. The first-order chi connectivity index (χ1) is 5.75. The standard InChI is InChI=1S/C9H28SSi4/c1-11(2,3)14(10,12(4,5)6)13(7,8)9/h10H,1-9H3. The highest BCUT2D eigenvalue weighted by molar-refractivity contribution is 8.40. The number of thiol groups is 1. The summed E-state index contributed by atoms with van der Waals surface area (Å²) in [5.41, 5.74) is 0. The molecule has 0 aromatic carbocycles. The maximum Gasteiger partial charge on any atom is 0.0907 e. The van der Waals surface area contributed by atoms with Crippen LogP contribution in [-0.4, -0.2) is 28.6 Å². The molecule has 86 valence electrons. The van der Waals surface area contributed by atoms with Crippen LogP contribution < -0.4 is 0 Å². The van der Waals surface area contributed by atoms with Crippen LogP contribution in [0.4, 0.5) is 0 Å². The van der Waals surface area contributed by atoms with Gasteiger partial charge in [0.15, 0.2) is 0 Å². The first-order valence-corrected chi connectivity index (χ1v) is 22.3. The summed E-state index contributed by atoms with van der Waals surface area (Å²) < 4.78 is 0. The molecule has 0 fully saturated rings. The minimum Gasteiger partial charge on any atom is -0.211 e. The second kappa shape index (κ2) is 3.91. The summed E-state index contributed by atoms with van der Waals surface area (Å²) in [4.78, 5) is 0. The molecule has 0 saturated carbocycles. The van der Waals surface area contributed by atoms with Crippen LogP contribution in [0.1, 0.15) is 0 Å².